The predicted molar refractivity (Wildman–Crippen MR) is 63.9 cm³/mol. The van der Waals surface area contributed by atoms with Crippen molar-refractivity contribution in [1.29, 1.82) is 0 Å². The first-order valence-electron chi connectivity index (χ1n) is 5.13. The van der Waals surface area contributed by atoms with Crippen LogP contribution in [0, 0.1) is 0 Å². The Morgan fingerprint density at radius 1 is 1.58 bits per heavy atom. The van der Waals surface area contributed by atoms with E-state index < -0.39 is 27.9 Å². The second-order valence-electron chi connectivity index (χ2n) is 3.74. The molecule has 19 heavy (non-hydrogen) atoms. The zero-order valence-electron chi connectivity index (χ0n) is 9.45. The van der Waals surface area contributed by atoms with Crippen LogP contribution in [-0.4, -0.2) is 38.0 Å². The number of carboxylic acid groups (broad SMARTS) is 1. The van der Waals surface area contributed by atoms with Crippen LogP contribution in [0.2, 0.25) is 0 Å². The topological polar surface area (TPSA) is 122 Å². The molecule has 0 aromatic carbocycles. The molecule has 1 aromatic rings. The molecule has 1 aliphatic heterocycles. The second-order valence-corrected chi connectivity index (χ2v) is 6.85. The minimum absolute atomic E-state index is 0.0385. The summed E-state index contributed by atoms with van der Waals surface area (Å²) < 4.78 is 26.0. The fraction of sp³-hybridized carbons (Fsp3) is 0.333. The van der Waals surface area contributed by atoms with Crippen LogP contribution in [0.25, 0.3) is 0 Å². The summed E-state index contributed by atoms with van der Waals surface area (Å²) in [7, 11) is -3.86. The normalized spacial score (nSPS) is 19.4. The Hall–Kier alpha value is -1.49. The molecule has 10 heteroatoms. The summed E-state index contributed by atoms with van der Waals surface area (Å²) in [6, 6.07) is 1.76. The van der Waals surface area contributed by atoms with E-state index in [9.17, 15) is 18.0 Å². The molecule has 0 spiro atoms. The lowest BCUT2D eigenvalue weighted by molar-refractivity contribution is -0.136. The summed E-state index contributed by atoms with van der Waals surface area (Å²) >= 11 is 0.849. The Bertz CT molecular complexity index is 608. The van der Waals surface area contributed by atoms with Crippen LogP contribution < -0.4 is 10.2 Å². The van der Waals surface area contributed by atoms with Crippen molar-refractivity contribution in [2.75, 3.05) is 6.61 Å². The van der Waals surface area contributed by atoms with E-state index in [4.69, 9.17) is 5.11 Å². The molecule has 0 saturated carbocycles. The van der Waals surface area contributed by atoms with Gasteiger partial charge in [0.2, 0.25) is 0 Å². The zero-order chi connectivity index (χ0) is 14.0. The number of aliphatic carboxylic acids is 1. The fourth-order valence-electron chi connectivity index (χ4n) is 1.42. The Labute approximate surface area is 112 Å². The number of nitrogens with one attached hydrogen (secondary N) is 2. The van der Waals surface area contributed by atoms with Crippen LogP contribution in [-0.2, 0) is 30.9 Å². The first kappa shape index (κ1) is 13.9. The SMILES string of the molecule is O=C(O)Cc1ccc(S(=O)(=O)N[C@@H]2CONC2=O)s1. The van der Waals surface area contributed by atoms with Crippen molar-refractivity contribution in [3.05, 3.63) is 17.0 Å². The van der Waals surface area contributed by atoms with E-state index in [2.05, 4.69) is 9.56 Å². The van der Waals surface area contributed by atoms with Crippen LogP contribution >= 0.6 is 11.3 Å². The van der Waals surface area contributed by atoms with E-state index in [1.165, 1.54) is 12.1 Å². The highest BCUT2D eigenvalue weighted by Gasteiger charge is 2.31. The van der Waals surface area contributed by atoms with Crippen molar-refractivity contribution in [2.45, 2.75) is 16.7 Å². The van der Waals surface area contributed by atoms with Crippen molar-refractivity contribution < 1.29 is 28.0 Å². The molecule has 1 aliphatic rings. The van der Waals surface area contributed by atoms with E-state index in [0.29, 0.717) is 4.88 Å². The average Bonchev–Trinajstić information content (AvgIpc) is 2.88. The molecule has 1 amide bonds. The highest BCUT2D eigenvalue weighted by molar-refractivity contribution is 7.91. The quantitative estimate of drug-likeness (QED) is 0.647. The van der Waals surface area contributed by atoms with E-state index in [-0.39, 0.29) is 17.2 Å². The number of hydrogen-bond donors (Lipinski definition) is 3. The molecule has 2 heterocycles. The van der Waals surface area contributed by atoms with E-state index in [1.807, 2.05) is 5.48 Å². The van der Waals surface area contributed by atoms with Gasteiger partial charge in [0, 0.05) is 4.88 Å². The van der Waals surface area contributed by atoms with Gasteiger partial charge in [-0.25, -0.2) is 13.9 Å². The van der Waals surface area contributed by atoms with Crippen LogP contribution in [0.3, 0.4) is 0 Å². The van der Waals surface area contributed by atoms with Gasteiger partial charge in [-0.2, -0.15) is 4.72 Å². The first-order valence-corrected chi connectivity index (χ1v) is 7.43. The summed E-state index contributed by atoms with van der Waals surface area (Å²) in [5.74, 6) is -1.60. The van der Waals surface area contributed by atoms with Crippen molar-refractivity contribution in [3.63, 3.8) is 0 Å². The standard InChI is InChI=1S/C9H10N2O6S2/c12-7(13)3-5-1-2-8(18-5)19(15,16)11-6-4-17-10-9(6)14/h1-2,6,11H,3-4H2,(H,10,14)(H,12,13)/t6-/m1/s1. The molecular formula is C9H10N2O6S2. The van der Waals surface area contributed by atoms with Crippen molar-refractivity contribution >= 4 is 33.2 Å². The largest absolute Gasteiger partial charge is 0.481 e. The highest BCUT2D eigenvalue weighted by atomic mass is 32.2. The Balaban J connectivity index is 2.13. The van der Waals surface area contributed by atoms with Crippen molar-refractivity contribution in [2.24, 2.45) is 0 Å². The minimum Gasteiger partial charge on any atom is -0.481 e. The molecule has 1 aromatic heterocycles. The fourth-order valence-corrected chi connectivity index (χ4v) is 3.97. The van der Waals surface area contributed by atoms with Gasteiger partial charge in [0.25, 0.3) is 15.9 Å². The molecule has 1 saturated heterocycles. The molecule has 104 valence electrons. The number of hydroxylamine groups is 1. The monoisotopic (exact) mass is 306 g/mol. The second kappa shape index (κ2) is 5.25. The number of thiophene rings is 1. The van der Waals surface area contributed by atoms with Crippen molar-refractivity contribution in [3.8, 4) is 0 Å². The highest BCUT2D eigenvalue weighted by Crippen LogP contribution is 2.22. The maximum atomic E-state index is 11.9. The number of carbonyl (C=O) groups excluding carboxylic acids is 1. The van der Waals surface area contributed by atoms with Gasteiger partial charge in [-0.3, -0.25) is 14.4 Å². The van der Waals surface area contributed by atoms with Crippen LogP contribution in [0.4, 0.5) is 0 Å². The van der Waals surface area contributed by atoms with Gasteiger partial charge in [0.15, 0.2) is 0 Å². The molecule has 1 fully saturated rings. The molecule has 1 atom stereocenters. The van der Waals surface area contributed by atoms with Gasteiger partial charge in [0.05, 0.1) is 6.42 Å². The zero-order valence-corrected chi connectivity index (χ0v) is 11.1. The van der Waals surface area contributed by atoms with Gasteiger partial charge < -0.3 is 5.11 Å². The molecule has 0 aliphatic carbocycles. The third-order valence-corrected chi connectivity index (χ3v) is 5.31. The van der Waals surface area contributed by atoms with Crippen LogP contribution in [0.1, 0.15) is 4.88 Å². The molecule has 8 nitrogen and oxygen atoms in total. The Morgan fingerprint density at radius 2 is 2.32 bits per heavy atom. The number of hydrogen-bond acceptors (Lipinski definition) is 6. The molecule has 2 rings (SSSR count). The van der Waals surface area contributed by atoms with Gasteiger partial charge in [-0.15, -0.1) is 11.3 Å². The maximum absolute atomic E-state index is 11.9. The summed E-state index contributed by atoms with van der Waals surface area (Å²) in [5.41, 5.74) is 2.03. The van der Waals surface area contributed by atoms with Crippen molar-refractivity contribution in [1.82, 2.24) is 10.2 Å². The minimum atomic E-state index is -3.86. The molecule has 0 radical (unpaired) electrons. The molecule has 0 bridgehead atoms. The molecule has 0 unspecified atom stereocenters. The lowest BCUT2D eigenvalue weighted by Crippen LogP contribution is -2.41. The average molecular weight is 306 g/mol. The Morgan fingerprint density at radius 3 is 2.89 bits per heavy atom. The van der Waals surface area contributed by atoms with Gasteiger partial charge in [-0.1, -0.05) is 0 Å². The van der Waals surface area contributed by atoms with Crippen LogP contribution in [0.15, 0.2) is 16.3 Å². The van der Waals surface area contributed by atoms with E-state index in [0.717, 1.165) is 11.3 Å². The third-order valence-electron chi connectivity index (χ3n) is 2.26. The number of carboxylic acids is 1. The first-order chi connectivity index (χ1) is 8.88. The van der Waals surface area contributed by atoms with Gasteiger partial charge in [0.1, 0.15) is 16.9 Å². The summed E-state index contributed by atoms with van der Waals surface area (Å²) in [4.78, 5) is 26.7. The molecule has 3 N–H and O–H groups in total. The lowest BCUT2D eigenvalue weighted by atomic mass is 10.3. The van der Waals surface area contributed by atoms with E-state index >= 15 is 0 Å². The summed E-state index contributed by atoms with van der Waals surface area (Å²) in [6.07, 6.45) is -0.243. The number of rotatable bonds is 5. The Kier molecular flexibility index (Phi) is 3.85. The maximum Gasteiger partial charge on any atom is 0.308 e. The van der Waals surface area contributed by atoms with Gasteiger partial charge in [-0.05, 0) is 12.1 Å². The number of amides is 1. The summed E-state index contributed by atoms with van der Waals surface area (Å²) in [6.45, 7) is -0.0918. The predicted octanol–water partition coefficient (Wildman–Crippen LogP) is -0.916. The molecular weight excluding hydrogens is 296 g/mol. The van der Waals surface area contributed by atoms with Gasteiger partial charge >= 0.3 is 5.97 Å². The number of sulfonamides is 1. The summed E-state index contributed by atoms with van der Waals surface area (Å²) in [5, 5.41) is 8.62. The lowest BCUT2D eigenvalue weighted by Gasteiger charge is -2.07. The number of carbonyl (C=O) groups is 2. The smallest absolute Gasteiger partial charge is 0.308 e. The van der Waals surface area contributed by atoms with Crippen LogP contribution in [0.5, 0.6) is 0 Å². The third kappa shape index (κ3) is 3.29. The van der Waals surface area contributed by atoms with E-state index in [1.54, 1.807) is 0 Å².